The highest BCUT2D eigenvalue weighted by molar-refractivity contribution is 6.04. The first-order valence-electron chi connectivity index (χ1n) is 5.92. The van der Waals surface area contributed by atoms with E-state index in [9.17, 15) is 13.6 Å². The summed E-state index contributed by atoms with van der Waals surface area (Å²) in [6, 6.07) is 5.33. The molecular weight excluding hydrogens is 264 g/mol. The van der Waals surface area contributed by atoms with Gasteiger partial charge in [0.05, 0.1) is 0 Å². The molecule has 104 valence electrons. The molecule has 0 fully saturated rings. The summed E-state index contributed by atoms with van der Waals surface area (Å²) < 4.78 is 27.1. The average molecular weight is 277 g/mol. The molecule has 0 aliphatic heterocycles. The quantitative estimate of drug-likeness (QED) is 0.907. The Morgan fingerprint density at radius 3 is 2.35 bits per heavy atom. The Morgan fingerprint density at radius 2 is 1.85 bits per heavy atom. The number of carbonyl (C=O) groups is 1. The zero-order valence-electron chi connectivity index (χ0n) is 11.0. The molecule has 0 spiro atoms. The molecule has 4 nitrogen and oxygen atoms in total. The monoisotopic (exact) mass is 277 g/mol. The highest BCUT2D eigenvalue weighted by Crippen LogP contribution is 2.20. The molecule has 1 heterocycles. The van der Waals surface area contributed by atoms with E-state index in [0.717, 1.165) is 17.7 Å². The van der Waals surface area contributed by atoms with Crippen molar-refractivity contribution >= 4 is 17.4 Å². The molecule has 1 aromatic carbocycles. The lowest BCUT2D eigenvalue weighted by Gasteiger charge is -2.08. The number of amides is 1. The number of nitrogens with one attached hydrogen (secondary N) is 2. The second-order valence-electron chi connectivity index (χ2n) is 4.24. The fraction of sp³-hybridized carbons (Fsp3) is 0.143. The third-order valence-electron chi connectivity index (χ3n) is 2.71. The Hall–Kier alpha value is -2.50. The molecule has 1 aromatic heterocycles. The summed E-state index contributed by atoms with van der Waals surface area (Å²) in [6.07, 6.45) is 1.58. The molecule has 1 amide bonds. The van der Waals surface area contributed by atoms with Crippen molar-refractivity contribution in [2.75, 3.05) is 17.7 Å². The Balaban J connectivity index is 2.23. The average Bonchev–Trinajstić information content (AvgIpc) is 2.41. The van der Waals surface area contributed by atoms with Gasteiger partial charge in [0.1, 0.15) is 23.1 Å². The minimum Gasteiger partial charge on any atom is -0.383 e. The van der Waals surface area contributed by atoms with E-state index >= 15 is 0 Å². The Labute approximate surface area is 114 Å². The summed E-state index contributed by atoms with van der Waals surface area (Å²) in [4.78, 5) is 15.9. The molecule has 20 heavy (non-hydrogen) atoms. The van der Waals surface area contributed by atoms with Crippen LogP contribution in [0.25, 0.3) is 0 Å². The summed E-state index contributed by atoms with van der Waals surface area (Å²) in [5.41, 5.74) is 0.565. The Bertz CT molecular complexity index is 618. The molecule has 0 aliphatic carbocycles. The number of rotatable bonds is 3. The van der Waals surface area contributed by atoms with Gasteiger partial charge in [-0.2, -0.15) is 0 Å². The van der Waals surface area contributed by atoms with Gasteiger partial charge in [-0.1, -0.05) is 6.07 Å². The second kappa shape index (κ2) is 5.64. The van der Waals surface area contributed by atoms with Crippen LogP contribution in [0.3, 0.4) is 0 Å². The van der Waals surface area contributed by atoms with Gasteiger partial charge in [-0.3, -0.25) is 4.79 Å². The van der Waals surface area contributed by atoms with Crippen LogP contribution in [0.2, 0.25) is 0 Å². The van der Waals surface area contributed by atoms with Crippen molar-refractivity contribution in [2.24, 2.45) is 0 Å². The lowest BCUT2D eigenvalue weighted by molar-refractivity contribution is 0.102. The van der Waals surface area contributed by atoms with Gasteiger partial charge >= 0.3 is 0 Å². The number of hydrogen-bond acceptors (Lipinski definition) is 3. The van der Waals surface area contributed by atoms with Crippen LogP contribution >= 0.6 is 0 Å². The zero-order chi connectivity index (χ0) is 14.7. The van der Waals surface area contributed by atoms with Crippen molar-refractivity contribution in [3.05, 3.63) is 53.2 Å². The van der Waals surface area contributed by atoms with Crippen molar-refractivity contribution in [1.82, 2.24) is 4.98 Å². The van der Waals surface area contributed by atoms with Crippen LogP contribution in [-0.4, -0.2) is 17.9 Å². The molecule has 2 aromatic rings. The maximum absolute atomic E-state index is 13.6. The van der Waals surface area contributed by atoms with Gasteiger partial charge in [0.2, 0.25) is 0 Å². The summed E-state index contributed by atoms with van der Waals surface area (Å²) >= 11 is 0. The van der Waals surface area contributed by atoms with E-state index in [4.69, 9.17) is 0 Å². The van der Waals surface area contributed by atoms with E-state index in [-0.39, 0.29) is 11.3 Å². The molecule has 0 bridgehead atoms. The van der Waals surface area contributed by atoms with Gasteiger partial charge in [-0.05, 0) is 30.7 Å². The number of halogens is 2. The van der Waals surface area contributed by atoms with Gasteiger partial charge in [-0.15, -0.1) is 0 Å². The van der Waals surface area contributed by atoms with Crippen LogP contribution in [0.4, 0.5) is 20.3 Å². The number of anilines is 2. The molecule has 0 aliphatic rings. The number of benzene rings is 1. The zero-order valence-corrected chi connectivity index (χ0v) is 11.0. The first-order chi connectivity index (χ1) is 9.51. The van der Waals surface area contributed by atoms with E-state index in [1.54, 1.807) is 18.3 Å². The summed E-state index contributed by atoms with van der Waals surface area (Å²) in [5.74, 6) is -1.95. The van der Waals surface area contributed by atoms with Crippen LogP contribution in [0, 0.1) is 18.6 Å². The van der Waals surface area contributed by atoms with Gasteiger partial charge in [-0.25, -0.2) is 13.8 Å². The Kier molecular flexibility index (Phi) is 3.93. The van der Waals surface area contributed by atoms with Gasteiger partial charge < -0.3 is 10.6 Å². The third kappa shape index (κ3) is 2.90. The molecule has 0 unspecified atom stereocenters. The van der Waals surface area contributed by atoms with Crippen molar-refractivity contribution < 1.29 is 13.6 Å². The number of hydrogen-bond donors (Lipinski definition) is 2. The molecule has 0 atom stereocenters. The number of aromatic nitrogens is 1. The first-order valence-corrected chi connectivity index (χ1v) is 5.92. The topological polar surface area (TPSA) is 54.0 Å². The van der Waals surface area contributed by atoms with Gasteiger partial charge in [0.15, 0.2) is 0 Å². The molecule has 0 radical (unpaired) electrons. The predicted octanol–water partition coefficient (Wildman–Crippen LogP) is 2.96. The smallest absolute Gasteiger partial charge is 0.257 e. The molecule has 0 saturated carbocycles. The van der Waals surface area contributed by atoms with Crippen molar-refractivity contribution in [3.8, 4) is 0 Å². The standard InChI is InChI=1S/C14H13F2N3O/c1-8-3-4-12(18-7-8)19-14(20)9-5-10(15)13(17-2)11(16)6-9/h3-7,17H,1-2H3,(H,18,19,20). The van der Waals surface area contributed by atoms with Crippen LogP contribution in [0.15, 0.2) is 30.5 Å². The lowest BCUT2D eigenvalue weighted by Crippen LogP contribution is -2.14. The van der Waals surface area contributed by atoms with E-state index in [1.165, 1.54) is 7.05 Å². The van der Waals surface area contributed by atoms with Gasteiger partial charge in [0.25, 0.3) is 5.91 Å². The maximum Gasteiger partial charge on any atom is 0.257 e. The van der Waals surface area contributed by atoms with Crippen molar-refractivity contribution in [2.45, 2.75) is 6.92 Å². The third-order valence-corrected chi connectivity index (χ3v) is 2.71. The number of nitrogens with zero attached hydrogens (tertiary/aromatic N) is 1. The van der Waals surface area contributed by atoms with E-state index in [2.05, 4.69) is 15.6 Å². The van der Waals surface area contributed by atoms with Crippen LogP contribution in [-0.2, 0) is 0 Å². The Morgan fingerprint density at radius 1 is 1.20 bits per heavy atom. The van der Waals surface area contributed by atoms with Crippen LogP contribution in [0.5, 0.6) is 0 Å². The normalized spacial score (nSPS) is 10.2. The highest BCUT2D eigenvalue weighted by atomic mass is 19.1. The number of pyridine rings is 1. The SMILES string of the molecule is CNc1c(F)cc(C(=O)Nc2ccc(C)cn2)cc1F. The van der Waals surface area contributed by atoms with Crippen LogP contribution in [0.1, 0.15) is 15.9 Å². The van der Waals surface area contributed by atoms with Crippen molar-refractivity contribution in [3.63, 3.8) is 0 Å². The van der Waals surface area contributed by atoms with E-state index in [0.29, 0.717) is 5.82 Å². The minimum absolute atomic E-state index is 0.110. The van der Waals surface area contributed by atoms with E-state index < -0.39 is 17.5 Å². The number of aryl methyl sites for hydroxylation is 1. The maximum atomic E-state index is 13.6. The van der Waals surface area contributed by atoms with Crippen molar-refractivity contribution in [1.29, 1.82) is 0 Å². The molecule has 0 saturated heterocycles. The fourth-order valence-electron chi connectivity index (χ4n) is 1.67. The summed E-state index contributed by atoms with van der Waals surface area (Å²) in [5, 5.41) is 4.87. The summed E-state index contributed by atoms with van der Waals surface area (Å²) in [7, 11) is 1.40. The number of carbonyl (C=O) groups excluding carboxylic acids is 1. The fourth-order valence-corrected chi connectivity index (χ4v) is 1.67. The predicted molar refractivity (Wildman–Crippen MR) is 72.8 cm³/mol. The molecule has 2 rings (SSSR count). The first kappa shape index (κ1) is 13.9. The highest BCUT2D eigenvalue weighted by Gasteiger charge is 2.14. The minimum atomic E-state index is -0.825. The van der Waals surface area contributed by atoms with Gasteiger partial charge in [0, 0.05) is 18.8 Å². The largest absolute Gasteiger partial charge is 0.383 e. The molecule has 6 heteroatoms. The van der Waals surface area contributed by atoms with E-state index in [1.807, 2.05) is 6.92 Å². The van der Waals surface area contributed by atoms with Crippen LogP contribution < -0.4 is 10.6 Å². The lowest BCUT2D eigenvalue weighted by atomic mass is 10.1. The summed E-state index contributed by atoms with van der Waals surface area (Å²) in [6.45, 7) is 1.86. The molecule has 2 N–H and O–H groups in total. The molecular formula is C14H13F2N3O. The second-order valence-corrected chi connectivity index (χ2v) is 4.24.